The lowest BCUT2D eigenvalue weighted by molar-refractivity contribution is -0.274. The Labute approximate surface area is 186 Å². The van der Waals surface area contributed by atoms with E-state index in [1.165, 1.54) is 18.2 Å². The zero-order valence-electron chi connectivity index (χ0n) is 18.5. The lowest BCUT2D eigenvalue weighted by atomic mass is 10.1. The Morgan fingerprint density at radius 2 is 2.00 bits per heavy atom. The van der Waals surface area contributed by atoms with Crippen molar-refractivity contribution in [2.24, 2.45) is 17.8 Å². The zero-order chi connectivity index (χ0) is 23.0. The van der Waals surface area contributed by atoms with E-state index in [0.717, 1.165) is 13.1 Å². The summed E-state index contributed by atoms with van der Waals surface area (Å²) < 4.78 is 43.7. The van der Waals surface area contributed by atoms with Gasteiger partial charge in [-0.1, -0.05) is 12.1 Å². The average Bonchev–Trinajstić information content (AvgIpc) is 3.11. The molecule has 9 heteroatoms. The van der Waals surface area contributed by atoms with Gasteiger partial charge in [-0.25, -0.2) is 4.98 Å². The van der Waals surface area contributed by atoms with Crippen LogP contribution in [0.1, 0.15) is 36.8 Å². The monoisotopic (exact) mass is 450 g/mol. The first-order chi connectivity index (χ1) is 15.1. The number of nitrogens with zero attached hydrogens (tertiary/aromatic N) is 4. The summed E-state index contributed by atoms with van der Waals surface area (Å²) in [6, 6.07) is 6.33. The molecular formula is C23H29F3N4O2. The minimum Gasteiger partial charge on any atom is -0.406 e. The van der Waals surface area contributed by atoms with E-state index >= 15 is 0 Å². The van der Waals surface area contributed by atoms with Gasteiger partial charge in [0, 0.05) is 45.0 Å². The smallest absolute Gasteiger partial charge is 0.406 e. The number of imidazole rings is 1. The van der Waals surface area contributed by atoms with E-state index in [-0.39, 0.29) is 18.2 Å². The predicted molar refractivity (Wildman–Crippen MR) is 113 cm³/mol. The summed E-state index contributed by atoms with van der Waals surface area (Å²) >= 11 is 0. The summed E-state index contributed by atoms with van der Waals surface area (Å²) in [6.45, 7) is 9.90. The molecule has 0 radical (unpaired) electrons. The number of hydrogen-bond acceptors (Lipinski definition) is 4. The van der Waals surface area contributed by atoms with Gasteiger partial charge in [-0.2, -0.15) is 0 Å². The molecule has 32 heavy (non-hydrogen) atoms. The molecule has 6 nitrogen and oxygen atoms in total. The second-order valence-corrected chi connectivity index (χ2v) is 9.01. The highest BCUT2D eigenvalue weighted by molar-refractivity contribution is 5.92. The number of amides is 1. The maximum absolute atomic E-state index is 13.3. The molecule has 2 fully saturated rings. The summed E-state index contributed by atoms with van der Waals surface area (Å²) in [6.07, 6.45) is -1.42. The van der Waals surface area contributed by atoms with Gasteiger partial charge in [0.2, 0.25) is 0 Å². The van der Waals surface area contributed by atoms with E-state index in [1.54, 1.807) is 23.5 Å². The molecule has 174 valence electrons. The van der Waals surface area contributed by atoms with Gasteiger partial charge in [-0.15, -0.1) is 13.2 Å². The van der Waals surface area contributed by atoms with E-state index in [1.807, 2.05) is 11.5 Å². The molecule has 0 spiro atoms. The number of halogens is 3. The van der Waals surface area contributed by atoms with E-state index < -0.39 is 6.36 Å². The molecule has 1 aliphatic carbocycles. The van der Waals surface area contributed by atoms with Crippen LogP contribution in [0, 0.1) is 17.8 Å². The third-order valence-electron chi connectivity index (χ3n) is 6.57. The Morgan fingerprint density at radius 3 is 2.59 bits per heavy atom. The van der Waals surface area contributed by atoms with Crippen LogP contribution >= 0.6 is 0 Å². The second kappa shape index (κ2) is 8.77. The number of aryl methyl sites for hydroxylation is 1. The number of ether oxygens (including phenoxy) is 1. The molecule has 1 aromatic heterocycles. The molecular weight excluding hydrogens is 421 g/mol. The average molecular weight is 451 g/mol. The molecule has 1 saturated heterocycles. The van der Waals surface area contributed by atoms with Crippen molar-refractivity contribution in [1.29, 1.82) is 0 Å². The number of carbonyl (C=O) groups excluding carboxylic acids is 1. The normalized spacial score (nSPS) is 22.8. The maximum atomic E-state index is 13.3. The molecule has 4 rings (SSSR count). The molecule has 2 unspecified atom stereocenters. The molecule has 2 aliphatic rings. The summed E-state index contributed by atoms with van der Waals surface area (Å²) in [5, 5.41) is 0. The van der Waals surface area contributed by atoms with Crippen LogP contribution in [0.15, 0.2) is 36.8 Å². The topological polar surface area (TPSA) is 50.6 Å². The molecule has 1 saturated carbocycles. The van der Waals surface area contributed by atoms with Crippen molar-refractivity contribution in [1.82, 2.24) is 19.4 Å². The number of piperidine rings is 1. The van der Waals surface area contributed by atoms with E-state index in [4.69, 9.17) is 0 Å². The van der Waals surface area contributed by atoms with Gasteiger partial charge >= 0.3 is 6.36 Å². The number of fused-ring (bicyclic) bond motifs is 1. The van der Waals surface area contributed by atoms with Gasteiger partial charge in [0.1, 0.15) is 11.4 Å². The standard InChI is InChI=1S/C23H29F3N4O2/c1-4-28-13-21(27-14-28)22(31)30(12-20-18-10-29(15(2)3)11-19(18)20)9-16-6-5-7-17(8-16)32-23(24,25)26/h5-8,13-15,18-20H,4,9-12H2,1-3H3. The second-order valence-electron chi connectivity index (χ2n) is 9.01. The van der Waals surface area contributed by atoms with Crippen LogP contribution in [-0.2, 0) is 13.1 Å². The number of rotatable bonds is 8. The van der Waals surface area contributed by atoms with Crippen LogP contribution < -0.4 is 4.74 Å². The van der Waals surface area contributed by atoms with Crippen molar-refractivity contribution in [2.75, 3.05) is 19.6 Å². The fourth-order valence-electron chi connectivity index (χ4n) is 4.72. The van der Waals surface area contributed by atoms with Crippen molar-refractivity contribution in [3.05, 3.63) is 48.0 Å². The van der Waals surface area contributed by atoms with Crippen molar-refractivity contribution in [3.8, 4) is 5.75 Å². The van der Waals surface area contributed by atoms with Gasteiger partial charge in [0.15, 0.2) is 0 Å². The maximum Gasteiger partial charge on any atom is 0.573 e. The molecule has 2 atom stereocenters. The van der Waals surface area contributed by atoms with Crippen molar-refractivity contribution in [2.45, 2.75) is 46.3 Å². The highest BCUT2D eigenvalue weighted by Gasteiger charge is 2.56. The van der Waals surface area contributed by atoms with Gasteiger partial charge in [-0.05, 0) is 56.2 Å². The van der Waals surface area contributed by atoms with Crippen molar-refractivity contribution >= 4 is 5.91 Å². The summed E-state index contributed by atoms with van der Waals surface area (Å²) in [5.41, 5.74) is 0.939. The van der Waals surface area contributed by atoms with Crippen molar-refractivity contribution < 1.29 is 22.7 Å². The highest BCUT2D eigenvalue weighted by atomic mass is 19.4. The summed E-state index contributed by atoms with van der Waals surface area (Å²) in [7, 11) is 0. The number of alkyl halides is 3. The number of hydrogen-bond donors (Lipinski definition) is 0. The van der Waals surface area contributed by atoms with Gasteiger partial charge in [-0.3, -0.25) is 4.79 Å². The van der Waals surface area contributed by atoms with Crippen LogP contribution in [0.4, 0.5) is 13.2 Å². The minimum atomic E-state index is -4.76. The molecule has 2 aromatic rings. The SMILES string of the molecule is CCn1cnc(C(=O)N(Cc2cccc(OC(F)(F)F)c2)CC2C3CN(C(C)C)CC23)c1. The lowest BCUT2D eigenvalue weighted by Crippen LogP contribution is -2.36. The number of benzene rings is 1. The number of carbonyl (C=O) groups is 1. The molecule has 0 N–H and O–H groups in total. The fourth-order valence-corrected chi connectivity index (χ4v) is 4.72. The van der Waals surface area contributed by atoms with Crippen LogP contribution in [-0.4, -0.2) is 57.3 Å². The van der Waals surface area contributed by atoms with Crippen LogP contribution in [0.3, 0.4) is 0 Å². The zero-order valence-corrected chi connectivity index (χ0v) is 18.5. The lowest BCUT2D eigenvalue weighted by Gasteiger charge is -2.27. The molecule has 0 bridgehead atoms. The quantitative estimate of drug-likeness (QED) is 0.610. The molecule has 2 heterocycles. The molecule has 1 amide bonds. The number of likely N-dealkylation sites (tertiary alicyclic amines) is 1. The Bertz CT molecular complexity index is 947. The Hall–Kier alpha value is -2.55. The first-order valence-electron chi connectivity index (χ1n) is 11.0. The van der Waals surface area contributed by atoms with Gasteiger partial charge < -0.3 is 19.1 Å². The van der Waals surface area contributed by atoms with E-state index in [2.05, 4.69) is 28.5 Å². The fraction of sp³-hybridized carbons (Fsp3) is 0.565. The van der Waals surface area contributed by atoms with Crippen LogP contribution in [0.5, 0.6) is 5.75 Å². The van der Waals surface area contributed by atoms with Crippen LogP contribution in [0.25, 0.3) is 0 Å². The van der Waals surface area contributed by atoms with Gasteiger partial charge in [0.25, 0.3) is 5.91 Å². The first-order valence-corrected chi connectivity index (χ1v) is 11.0. The van der Waals surface area contributed by atoms with E-state index in [0.29, 0.717) is 48.1 Å². The Kier molecular flexibility index (Phi) is 6.20. The minimum absolute atomic E-state index is 0.204. The largest absolute Gasteiger partial charge is 0.573 e. The van der Waals surface area contributed by atoms with E-state index in [9.17, 15) is 18.0 Å². The first kappa shape index (κ1) is 22.6. The van der Waals surface area contributed by atoms with Gasteiger partial charge in [0.05, 0.1) is 6.33 Å². The molecule has 1 aromatic carbocycles. The van der Waals surface area contributed by atoms with Crippen LogP contribution in [0.2, 0.25) is 0 Å². The summed E-state index contributed by atoms with van der Waals surface area (Å²) in [5.74, 6) is 1.07. The molecule has 1 aliphatic heterocycles. The highest BCUT2D eigenvalue weighted by Crippen LogP contribution is 2.52. The number of aromatic nitrogens is 2. The predicted octanol–water partition coefficient (Wildman–Crippen LogP) is 4.03. The Balaban J connectivity index is 1.50. The van der Waals surface area contributed by atoms with Crippen molar-refractivity contribution in [3.63, 3.8) is 0 Å². The summed E-state index contributed by atoms with van der Waals surface area (Å²) in [4.78, 5) is 21.7. The third-order valence-corrected chi connectivity index (χ3v) is 6.57. The Morgan fingerprint density at radius 1 is 1.28 bits per heavy atom. The third kappa shape index (κ3) is 5.09.